The minimum atomic E-state index is -0.853. The minimum absolute atomic E-state index is 0.805. The summed E-state index contributed by atoms with van der Waals surface area (Å²) in [6.07, 6.45) is 3.23. The number of ether oxygens (including phenoxy) is 4. The molecule has 0 radical (unpaired) electrons. The normalized spacial score (nSPS) is 11.2. The van der Waals surface area contributed by atoms with Gasteiger partial charge in [0.1, 0.15) is 23.0 Å². The Hall–Kier alpha value is -11.6. The lowest BCUT2D eigenvalue weighted by atomic mass is 9.83. The van der Waals surface area contributed by atoms with E-state index in [0.717, 1.165) is 69.9 Å². The van der Waals surface area contributed by atoms with Gasteiger partial charge in [0.25, 0.3) is 0 Å². The van der Waals surface area contributed by atoms with Crippen LogP contribution in [0.15, 0.2) is 376 Å². The van der Waals surface area contributed by atoms with Gasteiger partial charge < -0.3 is 18.9 Å². The molecule has 0 unspecified atom stereocenters. The van der Waals surface area contributed by atoms with Crippen LogP contribution in [0.3, 0.4) is 0 Å². The molecule has 16 aromatic carbocycles. The number of aryl methyl sites for hydroxylation is 6. The van der Waals surface area contributed by atoms with Crippen molar-refractivity contribution in [3.63, 3.8) is 0 Å². The van der Waals surface area contributed by atoms with Crippen LogP contribution in [0.1, 0.15) is 55.6 Å². The van der Waals surface area contributed by atoms with Gasteiger partial charge in [-0.15, -0.1) is 0 Å². The first kappa shape index (κ1) is 81.6. The average molecular weight is 1610 g/mol. The molecule has 0 saturated heterocycles. The Morgan fingerprint density at radius 2 is 0.356 bits per heavy atom. The lowest BCUT2D eigenvalue weighted by Gasteiger charge is -2.29. The van der Waals surface area contributed by atoms with Crippen LogP contribution in [-0.4, -0.2) is 28.4 Å². The molecule has 0 aliphatic carbocycles. The van der Waals surface area contributed by atoms with Gasteiger partial charge in [0.15, 0.2) is 0 Å². The predicted octanol–water partition coefficient (Wildman–Crippen LogP) is 25.8. The van der Waals surface area contributed by atoms with Gasteiger partial charge in [-0.25, -0.2) is 0 Å². The third kappa shape index (κ3) is 18.1. The van der Waals surface area contributed by atoms with Gasteiger partial charge in [0, 0.05) is 46.9 Å². The Labute approximate surface area is 704 Å². The van der Waals surface area contributed by atoms with Crippen LogP contribution < -0.4 is 61.4 Å². The molecule has 584 valence electrons. The van der Waals surface area contributed by atoms with Crippen molar-refractivity contribution in [2.45, 2.75) is 66.2 Å². The summed E-state index contributed by atoms with van der Waals surface area (Å²) < 4.78 is 26.1. The molecule has 0 fully saturated rings. The van der Waals surface area contributed by atoms with Gasteiger partial charge in [-0.2, -0.15) is 0 Å². The molecule has 118 heavy (non-hydrogen) atoms. The van der Waals surface area contributed by atoms with E-state index in [0.29, 0.717) is 0 Å². The summed E-state index contributed by atoms with van der Waals surface area (Å²) in [7, 11) is 3.92. The molecule has 0 amide bonds. The van der Waals surface area contributed by atoms with Gasteiger partial charge in [0.2, 0.25) is 0 Å². The Balaban J connectivity index is 0.000000185. The van der Waals surface area contributed by atoms with Crippen molar-refractivity contribution < 1.29 is 18.9 Å². The van der Waals surface area contributed by atoms with Gasteiger partial charge in [-0.3, -0.25) is 0 Å². The standard InChI is InChI=1S/C58H56O2P2.C52H44O2P2/c1-39-33-41(3)55(42(4)34-39)49-29-31-53(59-7)57(51(49)37-61(45-21-13-9-14-22-45)46-23-15-10-16-24-46)58-52(38-62(47-25-17-11-18-26-47)48-27-19-12-20-28-48)50(30-32-54(58)60-8)56-43(5)35-40(2)36-44(56)6;1-53-49-35-33-45(39-21-9-3-10-22-39)47(37-55(41-25-13-5-14-26-41)42-27-15-6-16-28-42)51(49)52-48(46(34-36-50(52)54-2)40-23-11-4-12-24-40)38-56(43-29-17-7-18-30-43)44-31-19-8-20-32-44/h9-36H,37-38H2,1-8H3;3-36H,37-38H2,1-2H3. The molecule has 0 aliphatic rings. The van der Waals surface area contributed by atoms with Crippen molar-refractivity contribution in [2.75, 3.05) is 28.4 Å². The maximum atomic E-state index is 6.60. The van der Waals surface area contributed by atoms with Gasteiger partial charge >= 0.3 is 0 Å². The lowest BCUT2D eigenvalue weighted by molar-refractivity contribution is 0.410. The molecule has 16 rings (SSSR count). The Morgan fingerprint density at radius 1 is 0.186 bits per heavy atom. The maximum Gasteiger partial charge on any atom is 0.127 e. The lowest BCUT2D eigenvalue weighted by Crippen LogP contribution is -2.15. The van der Waals surface area contributed by atoms with Crippen LogP contribution in [-0.2, 0) is 24.6 Å². The van der Waals surface area contributed by atoms with Crippen molar-refractivity contribution in [1.29, 1.82) is 0 Å². The Kier molecular flexibility index (Phi) is 26.7. The second-order valence-electron chi connectivity index (χ2n) is 30.0. The Morgan fingerprint density at radius 3 is 0.542 bits per heavy atom. The second-order valence-corrected chi connectivity index (χ2v) is 38.8. The third-order valence-electron chi connectivity index (χ3n) is 22.3. The van der Waals surface area contributed by atoms with E-state index >= 15 is 0 Å². The van der Waals surface area contributed by atoms with E-state index in [-0.39, 0.29) is 0 Å². The number of rotatable bonds is 26. The highest BCUT2D eigenvalue weighted by Crippen LogP contribution is 2.57. The van der Waals surface area contributed by atoms with E-state index in [2.05, 4.69) is 418 Å². The molecule has 0 aromatic heterocycles. The number of hydrogen-bond donors (Lipinski definition) is 0. The molecule has 0 spiro atoms. The van der Waals surface area contributed by atoms with Crippen LogP contribution >= 0.6 is 31.7 Å². The molecule has 16 aromatic rings. The largest absolute Gasteiger partial charge is 0.496 e. The molecule has 0 saturated carbocycles. The zero-order chi connectivity index (χ0) is 81.4. The molecule has 0 N–H and O–H groups in total. The predicted molar refractivity (Wildman–Crippen MR) is 511 cm³/mol. The van der Waals surface area contributed by atoms with Crippen LogP contribution in [0.5, 0.6) is 23.0 Å². The fourth-order valence-electron chi connectivity index (χ4n) is 17.2. The van der Waals surface area contributed by atoms with Crippen molar-refractivity contribution in [3.8, 4) is 89.8 Å². The monoisotopic (exact) mass is 1610 g/mol. The zero-order valence-electron chi connectivity index (χ0n) is 69.0. The SMILES string of the molecule is COc1ccc(-c2c(C)cc(C)cc2C)c(CP(c2ccccc2)c2ccccc2)c1-c1c(OC)ccc(-c2c(C)cc(C)cc2C)c1CP(c1ccccc1)c1ccccc1.COc1ccc(-c2ccccc2)c(CP(c2ccccc2)c2ccccc2)c1-c1c(OC)ccc(-c2ccccc2)c1CP(c1ccccc1)c1ccccc1. The maximum absolute atomic E-state index is 6.60. The van der Waals surface area contributed by atoms with Crippen molar-refractivity contribution in [3.05, 3.63) is 432 Å². The molecule has 0 aliphatic heterocycles. The summed E-state index contributed by atoms with van der Waals surface area (Å²) >= 11 is 0. The molecule has 8 heteroatoms. The molecular formula is C110H100O4P4. The first-order chi connectivity index (χ1) is 57.9. The van der Waals surface area contributed by atoms with E-state index in [1.807, 2.05) is 14.2 Å². The zero-order valence-corrected chi connectivity index (χ0v) is 72.6. The smallest absolute Gasteiger partial charge is 0.127 e. The molecule has 0 bridgehead atoms. The van der Waals surface area contributed by atoms with E-state index in [1.165, 1.54) is 143 Å². The molecular weight excluding hydrogens is 1510 g/mol. The van der Waals surface area contributed by atoms with E-state index < -0.39 is 31.7 Å². The number of methoxy groups -OCH3 is 4. The summed E-state index contributed by atoms with van der Waals surface area (Å²) in [6, 6.07) is 137. The minimum Gasteiger partial charge on any atom is -0.496 e. The fourth-order valence-corrected chi connectivity index (χ4v) is 26.7. The average Bonchev–Trinajstić information content (AvgIpc) is 0.741. The highest BCUT2D eigenvalue weighted by molar-refractivity contribution is 7.73. The van der Waals surface area contributed by atoms with Crippen molar-refractivity contribution in [2.24, 2.45) is 0 Å². The topological polar surface area (TPSA) is 36.9 Å². The highest BCUT2D eigenvalue weighted by atomic mass is 31.1. The summed E-state index contributed by atoms with van der Waals surface area (Å²) in [5, 5.41) is 10.7. The van der Waals surface area contributed by atoms with Gasteiger partial charge in [-0.1, -0.05) is 363 Å². The summed E-state index contributed by atoms with van der Waals surface area (Å²) in [6.45, 7) is 13.5. The fraction of sp³-hybridized carbons (Fsp3) is 0.127. The number of benzene rings is 16. The van der Waals surface area contributed by atoms with Crippen molar-refractivity contribution >= 4 is 74.1 Å². The van der Waals surface area contributed by atoms with E-state index in [9.17, 15) is 0 Å². The molecule has 4 nitrogen and oxygen atoms in total. The van der Waals surface area contributed by atoms with Crippen LogP contribution in [0.25, 0.3) is 66.8 Å². The van der Waals surface area contributed by atoms with Crippen molar-refractivity contribution in [1.82, 2.24) is 0 Å². The first-order valence-electron chi connectivity index (χ1n) is 40.5. The van der Waals surface area contributed by atoms with E-state index in [4.69, 9.17) is 18.9 Å². The van der Waals surface area contributed by atoms with Gasteiger partial charge in [0.05, 0.1) is 28.4 Å². The first-order valence-corrected chi connectivity index (χ1v) is 46.6. The quantitative estimate of drug-likeness (QED) is 0.0506. The van der Waals surface area contributed by atoms with Crippen LogP contribution in [0.4, 0.5) is 0 Å². The summed E-state index contributed by atoms with van der Waals surface area (Å²) in [5.74, 6) is 3.37. The Bertz CT molecular complexity index is 5460. The van der Waals surface area contributed by atoms with Crippen LogP contribution in [0, 0.1) is 41.5 Å². The van der Waals surface area contributed by atoms with Crippen LogP contribution in [0.2, 0.25) is 0 Å². The number of hydrogen-bond acceptors (Lipinski definition) is 4. The second kappa shape index (κ2) is 38.7. The van der Waals surface area contributed by atoms with Gasteiger partial charge in [-0.05, 0) is 229 Å². The molecule has 0 atom stereocenters. The third-order valence-corrected chi connectivity index (χ3v) is 32.3. The summed E-state index contributed by atoms with van der Waals surface area (Å²) in [4.78, 5) is 0. The molecule has 0 heterocycles. The van der Waals surface area contributed by atoms with E-state index in [1.54, 1.807) is 14.2 Å². The summed E-state index contributed by atoms with van der Waals surface area (Å²) in [5.41, 5.74) is 26.9. The highest BCUT2D eigenvalue weighted by Gasteiger charge is 2.33.